The highest BCUT2D eigenvalue weighted by Gasteiger charge is 2.36. The molecule has 4 aromatic rings. The number of amides is 1. The highest BCUT2D eigenvalue weighted by Crippen LogP contribution is 2.39. The Hall–Kier alpha value is -3.47. The average molecular weight is 681 g/mol. The number of carbonyl (C=O) groups is 1. The Morgan fingerprint density at radius 1 is 1.05 bits per heavy atom. The van der Waals surface area contributed by atoms with Crippen LogP contribution in [-0.4, -0.2) is 35.0 Å². The number of rotatable bonds is 6. The third kappa shape index (κ3) is 6.34. The summed E-state index contributed by atoms with van der Waals surface area (Å²) in [5.74, 6) is -2.19. The van der Waals surface area contributed by atoms with Gasteiger partial charge in [-0.25, -0.2) is 12.8 Å². The van der Waals surface area contributed by atoms with E-state index in [1.165, 1.54) is 22.5 Å². The number of nitrogens with one attached hydrogen (secondary N) is 1. The van der Waals surface area contributed by atoms with Crippen molar-refractivity contribution in [2.45, 2.75) is 35.9 Å². The second-order valence-corrected chi connectivity index (χ2v) is 13.5. The van der Waals surface area contributed by atoms with Gasteiger partial charge in [0.1, 0.15) is 21.4 Å². The highest BCUT2D eigenvalue weighted by atomic mass is 35.5. The first-order valence-corrected chi connectivity index (χ1v) is 15.3. The minimum Gasteiger partial charge on any atom is -0.324 e. The summed E-state index contributed by atoms with van der Waals surface area (Å²) in [6, 6.07) is 8.74. The molecule has 44 heavy (non-hydrogen) atoms. The quantitative estimate of drug-likeness (QED) is 0.225. The Morgan fingerprint density at radius 2 is 1.77 bits per heavy atom. The summed E-state index contributed by atoms with van der Waals surface area (Å²) in [5.41, 5.74) is -1.18. The zero-order valence-electron chi connectivity index (χ0n) is 22.4. The summed E-state index contributed by atoms with van der Waals surface area (Å²) < 4.78 is 121. The molecule has 1 N–H and O–H groups in total. The van der Waals surface area contributed by atoms with Gasteiger partial charge >= 0.3 is 12.4 Å². The van der Waals surface area contributed by atoms with Gasteiger partial charge in [-0.3, -0.25) is 9.48 Å². The minimum atomic E-state index is -4.88. The van der Waals surface area contributed by atoms with Gasteiger partial charge in [-0.1, -0.05) is 23.7 Å². The lowest BCUT2D eigenvalue weighted by Crippen LogP contribution is -2.36. The topological polar surface area (TPSA) is 84.3 Å². The van der Waals surface area contributed by atoms with E-state index in [1.54, 1.807) is 6.07 Å². The minimum absolute atomic E-state index is 0.00170. The number of aryl methyl sites for hydroxylation is 1. The number of hydrogen-bond acceptors (Lipinski definition) is 5. The molecule has 0 atom stereocenters. The fourth-order valence-corrected chi connectivity index (χ4v) is 7.85. The van der Waals surface area contributed by atoms with Crippen LogP contribution in [0.5, 0.6) is 0 Å². The van der Waals surface area contributed by atoms with Crippen molar-refractivity contribution >= 4 is 44.6 Å². The van der Waals surface area contributed by atoms with Crippen LogP contribution in [0.1, 0.15) is 27.9 Å². The maximum absolute atomic E-state index is 13.9. The number of aromatic nitrogens is 2. The number of benzene rings is 2. The molecule has 2 aromatic carbocycles. The molecule has 1 aliphatic heterocycles. The Morgan fingerprint density at radius 3 is 2.41 bits per heavy atom. The third-order valence-electron chi connectivity index (χ3n) is 6.88. The van der Waals surface area contributed by atoms with Gasteiger partial charge in [-0.05, 0) is 59.5 Å². The van der Waals surface area contributed by atoms with E-state index in [9.17, 15) is 43.9 Å². The Balaban J connectivity index is 1.32. The van der Waals surface area contributed by atoms with Crippen LogP contribution in [0, 0.1) is 5.82 Å². The Bertz CT molecular complexity index is 1870. The van der Waals surface area contributed by atoms with Crippen LogP contribution in [-0.2, 0) is 53.6 Å². The molecular weight excluding hydrogens is 661 g/mol. The van der Waals surface area contributed by atoms with Crippen LogP contribution < -0.4 is 5.32 Å². The highest BCUT2D eigenvalue weighted by molar-refractivity contribution is 7.91. The monoisotopic (exact) mass is 680 g/mol. The second kappa shape index (κ2) is 11.5. The predicted octanol–water partition coefficient (Wildman–Crippen LogP) is 6.91. The zero-order valence-corrected chi connectivity index (χ0v) is 24.7. The van der Waals surface area contributed by atoms with Crippen molar-refractivity contribution in [2.24, 2.45) is 7.05 Å². The van der Waals surface area contributed by atoms with E-state index in [2.05, 4.69) is 10.4 Å². The van der Waals surface area contributed by atoms with Crippen LogP contribution >= 0.6 is 22.9 Å². The molecule has 1 amide bonds. The number of nitrogens with zero attached hydrogens (tertiary/aromatic N) is 3. The van der Waals surface area contributed by atoms with E-state index in [-0.39, 0.29) is 50.6 Å². The summed E-state index contributed by atoms with van der Waals surface area (Å²) in [6.07, 6.45) is -9.83. The van der Waals surface area contributed by atoms with E-state index >= 15 is 0 Å². The van der Waals surface area contributed by atoms with Crippen molar-refractivity contribution in [3.05, 3.63) is 87.3 Å². The van der Waals surface area contributed by atoms with Crippen molar-refractivity contribution in [3.63, 3.8) is 0 Å². The Labute approximate surface area is 254 Å². The number of anilines is 1. The van der Waals surface area contributed by atoms with Crippen molar-refractivity contribution < 1.29 is 43.9 Å². The van der Waals surface area contributed by atoms with Crippen LogP contribution in [0.2, 0.25) is 5.02 Å². The molecule has 234 valence electrons. The molecule has 0 bridgehead atoms. The molecule has 0 unspecified atom stereocenters. The van der Waals surface area contributed by atoms with Gasteiger partial charge in [0.15, 0.2) is 0 Å². The van der Waals surface area contributed by atoms with Crippen LogP contribution in [0.15, 0.2) is 52.7 Å². The van der Waals surface area contributed by atoms with Crippen molar-refractivity contribution in [3.8, 4) is 10.6 Å². The number of fused-ring (bicyclic) bond motifs is 1. The van der Waals surface area contributed by atoms with E-state index in [0.717, 1.165) is 30.5 Å². The van der Waals surface area contributed by atoms with E-state index < -0.39 is 51.8 Å². The van der Waals surface area contributed by atoms with Crippen LogP contribution in [0.4, 0.5) is 36.4 Å². The molecule has 17 heteroatoms. The van der Waals surface area contributed by atoms with Crippen molar-refractivity contribution in [1.29, 1.82) is 0 Å². The lowest BCUT2D eigenvalue weighted by atomic mass is 9.98. The largest absolute Gasteiger partial charge is 0.433 e. The van der Waals surface area contributed by atoms with Gasteiger partial charge in [-0.2, -0.15) is 35.7 Å². The normalized spacial score (nSPS) is 14.5. The average Bonchev–Trinajstić information content (AvgIpc) is 3.57. The van der Waals surface area contributed by atoms with Gasteiger partial charge in [-0.15, -0.1) is 11.3 Å². The molecule has 7 nitrogen and oxygen atoms in total. The molecule has 2 aromatic heterocycles. The lowest BCUT2D eigenvalue weighted by molar-refractivity contribution is -0.143. The first kappa shape index (κ1) is 31.9. The van der Waals surface area contributed by atoms with Crippen molar-refractivity contribution in [1.82, 2.24) is 14.1 Å². The number of carbonyl (C=O) groups excluding carboxylic acids is 1. The first-order chi connectivity index (χ1) is 20.4. The molecule has 0 saturated carbocycles. The summed E-state index contributed by atoms with van der Waals surface area (Å²) in [5, 5.41) is 6.61. The number of halogens is 8. The predicted molar refractivity (Wildman–Crippen MR) is 148 cm³/mol. The first-order valence-electron chi connectivity index (χ1n) is 12.6. The molecule has 0 fully saturated rings. The lowest BCUT2D eigenvalue weighted by Gasteiger charge is -2.29. The van der Waals surface area contributed by atoms with Gasteiger partial charge < -0.3 is 5.32 Å². The third-order valence-corrected chi connectivity index (χ3v) is 10.6. The molecule has 5 rings (SSSR count). The zero-order chi connectivity index (χ0) is 32.2. The van der Waals surface area contributed by atoms with Crippen LogP contribution in [0.3, 0.4) is 0 Å². The molecule has 3 heterocycles. The fourth-order valence-electron chi connectivity index (χ4n) is 4.79. The van der Waals surface area contributed by atoms with Crippen molar-refractivity contribution in [2.75, 3.05) is 11.9 Å². The SMILES string of the molecule is Cn1nc(-c2ccc(S(=O)(=O)N3CCc4c(ccc(Cl)c4NC(=O)Cc4ccc(C(F)(F)F)c(F)c4)C3)s2)cc1C(F)(F)F. The standard InChI is InChI=1S/C27H20ClF7N4O3S2/c1-38-22(27(33,34)35)12-20(37-38)21-6-7-24(43-21)44(41,42)39-9-8-16-15(13-39)3-5-18(28)25(16)36-23(40)11-14-2-4-17(19(29)10-14)26(30,31)32/h2-7,10,12H,8-9,11,13H2,1H3,(H,36,40). The smallest absolute Gasteiger partial charge is 0.324 e. The number of sulfonamides is 1. The molecule has 0 radical (unpaired) electrons. The summed E-state index contributed by atoms with van der Waals surface area (Å²) >= 11 is 7.10. The molecule has 0 saturated heterocycles. The second-order valence-electron chi connectivity index (χ2n) is 9.84. The summed E-state index contributed by atoms with van der Waals surface area (Å²) in [7, 11) is -2.93. The maximum Gasteiger partial charge on any atom is 0.433 e. The van der Waals surface area contributed by atoms with Gasteiger partial charge in [0.25, 0.3) is 10.0 Å². The molecule has 0 aliphatic carbocycles. The molecular formula is C27H20ClF7N4O3S2. The van der Waals surface area contributed by atoms with Crippen LogP contribution in [0.25, 0.3) is 10.6 Å². The molecule has 0 spiro atoms. The molecule has 1 aliphatic rings. The summed E-state index contributed by atoms with van der Waals surface area (Å²) in [6.45, 7) is -0.117. The van der Waals surface area contributed by atoms with Gasteiger partial charge in [0.2, 0.25) is 5.91 Å². The fraction of sp³-hybridized carbons (Fsp3) is 0.259. The number of hydrogen-bond donors (Lipinski definition) is 1. The van der Waals surface area contributed by atoms with Gasteiger partial charge in [0, 0.05) is 20.1 Å². The van der Waals surface area contributed by atoms with Gasteiger partial charge in [0.05, 0.1) is 27.6 Å². The Kier molecular flexibility index (Phi) is 8.33. The number of thiophene rings is 1. The van der Waals surface area contributed by atoms with E-state index in [0.29, 0.717) is 27.9 Å². The summed E-state index contributed by atoms with van der Waals surface area (Å²) in [4.78, 5) is 13.0. The van der Waals surface area contributed by atoms with E-state index in [4.69, 9.17) is 11.6 Å². The van der Waals surface area contributed by atoms with E-state index in [1.807, 2.05) is 0 Å². The maximum atomic E-state index is 13.9. The number of alkyl halides is 6.